The smallest absolute Gasteiger partial charge is 0.278 e. The summed E-state index contributed by atoms with van der Waals surface area (Å²) in [7, 11) is 0. The summed E-state index contributed by atoms with van der Waals surface area (Å²) in [5.41, 5.74) is 4.68. The van der Waals surface area contributed by atoms with Crippen molar-refractivity contribution >= 4 is 22.7 Å². The van der Waals surface area contributed by atoms with Crippen molar-refractivity contribution in [3.63, 3.8) is 0 Å². The summed E-state index contributed by atoms with van der Waals surface area (Å²) in [4.78, 5) is 27.5. The molecule has 2 N–H and O–H groups in total. The summed E-state index contributed by atoms with van der Waals surface area (Å²) in [6.07, 6.45) is 7.58. The maximum absolute atomic E-state index is 13.8. The Balaban J connectivity index is 1.21. The van der Waals surface area contributed by atoms with Gasteiger partial charge in [0.25, 0.3) is 5.56 Å². The van der Waals surface area contributed by atoms with Crippen LogP contribution in [0.1, 0.15) is 61.4 Å². The highest BCUT2D eigenvalue weighted by Gasteiger charge is 2.47. The average molecular weight is 498 g/mol. The van der Waals surface area contributed by atoms with E-state index in [1.807, 2.05) is 22.9 Å². The Kier molecular flexibility index (Phi) is 4.34. The first-order valence-electron chi connectivity index (χ1n) is 13.2. The Morgan fingerprint density at radius 3 is 2.73 bits per heavy atom. The highest BCUT2D eigenvalue weighted by atomic mass is 19.1. The monoisotopic (exact) mass is 497 g/mol. The lowest BCUT2D eigenvalue weighted by molar-refractivity contribution is 0.411. The molecule has 0 bridgehead atoms. The fourth-order valence-corrected chi connectivity index (χ4v) is 5.97. The number of rotatable bonds is 6. The van der Waals surface area contributed by atoms with Gasteiger partial charge in [0.2, 0.25) is 5.95 Å². The second kappa shape index (κ2) is 7.47. The van der Waals surface area contributed by atoms with Gasteiger partial charge >= 0.3 is 0 Å². The molecule has 0 saturated heterocycles. The van der Waals surface area contributed by atoms with Crippen LogP contribution < -0.4 is 16.2 Å². The minimum Gasteiger partial charge on any atom is -0.324 e. The Morgan fingerprint density at radius 1 is 1.11 bits per heavy atom. The molecule has 8 nitrogen and oxygen atoms in total. The zero-order valence-corrected chi connectivity index (χ0v) is 20.5. The molecule has 9 heteroatoms. The quantitative estimate of drug-likeness (QED) is 0.415. The lowest BCUT2D eigenvalue weighted by Gasteiger charge is -2.26. The van der Waals surface area contributed by atoms with Crippen molar-refractivity contribution in [3.8, 4) is 5.82 Å². The molecule has 3 saturated carbocycles. The minimum absolute atomic E-state index is 0.113. The first kappa shape index (κ1) is 21.5. The Labute approximate surface area is 212 Å². The van der Waals surface area contributed by atoms with Gasteiger partial charge in [-0.3, -0.25) is 9.18 Å². The predicted molar refractivity (Wildman–Crippen MR) is 138 cm³/mol. The lowest BCUT2D eigenvalue weighted by Crippen LogP contribution is -2.33. The molecule has 37 heavy (non-hydrogen) atoms. The maximum atomic E-state index is 13.8. The number of hydrogen-bond acceptors (Lipinski definition) is 6. The topological polar surface area (TPSA) is 89.7 Å². The van der Waals surface area contributed by atoms with Crippen molar-refractivity contribution in [1.82, 2.24) is 29.6 Å². The van der Waals surface area contributed by atoms with Gasteiger partial charge in [-0.25, -0.2) is 19.3 Å². The number of pyridine rings is 1. The number of halogens is 1. The summed E-state index contributed by atoms with van der Waals surface area (Å²) < 4.78 is 17.4. The summed E-state index contributed by atoms with van der Waals surface area (Å²) >= 11 is 0. The van der Waals surface area contributed by atoms with Gasteiger partial charge in [-0.1, -0.05) is 12.1 Å². The molecule has 3 aromatic heterocycles. The van der Waals surface area contributed by atoms with E-state index in [9.17, 15) is 9.18 Å². The van der Waals surface area contributed by atoms with Crippen molar-refractivity contribution in [1.29, 1.82) is 0 Å². The first-order valence-corrected chi connectivity index (χ1v) is 13.2. The zero-order chi connectivity index (χ0) is 24.8. The third-order valence-electron chi connectivity index (χ3n) is 8.69. The van der Waals surface area contributed by atoms with Gasteiger partial charge in [0.15, 0.2) is 11.5 Å². The summed E-state index contributed by atoms with van der Waals surface area (Å²) in [6.45, 7) is 1.50. The van der Waals surface area contributed by atoms with Crippen LogP contribution in [0.4, 0.5) is 16.0 Å². The molecule has 0 atom stereocenters. The van der Waals surface area contributed by atoms with Gasteiger partial charge in [0.05, 0.1) is 11.7 Å². The number of alkyl halides is 1. The molecular formula is C28H28FN7O. The lowest BCUT2D eigenvalue weighted by atomic mass is 9.88. The van der Waals surface area contributed by atoms with Gasteiger partial charge in [0.1, 0.15) is 12.1 Å². The molecule has 0 radical (unpaired) electrons. The zero-order valence-electron chi connectivity index (χ0n) is 20.5. The maximum Gasteiger partial charge on any atom is 0.278 e. The summed E-state index contributed by atoms with van der Waals surface area (Å²) in [5.74, 6) is 1.02. The van der Waals surface area contributed by atoms with Gasteiger partial charge < -0.3 is 10.6 Å². The van der Waals surface area contributed by atoms with Crippen LogP contribution in [-0.4, -0.2) is 37.5 Å². The van der Waals surface area contributed by atoms with Crippen LogP contribution in [-0.2, 0) is 17.4 Å². The van der Waals surface area contributed by atoms with Crippen molar-refractivity contribution in [2.75, 3.05) is 18.5 Å². The largest absolute Gasteiger partial charge is 0.324 e. The molecule has 0 amide bonds. The highest BCUT2D eigenvalue weighted by molar-refractivity contribution is 5.77. The molecule has 1 aliphatic heterocycles. The van der Waals surface area contributed by atoms with Crippen LogP contribution in [0, 0.1) is 0 Å². The molecule has 4 heterocycles. The normalized spacial score (nSPS) is 20.7. The molecule has 1 spiro atoms. The number of aromatic nitrogens is 5. The molecule has 4 aromatic rings. The Hall–Kier alpha value is -3.59. The fraction of sp³-hybridized carbons (Fsp3) is 0.429. The van der Waals surface area contributed by atoms with E-state index in [-0.39, 0.29) is 11.6 Å². The molecule has 1 aromatic carbocycles. The van der Waals surface area contributed by atoms with Crippen LogP contribution in [0.3, 0.4) is 0 Å². The van der Waals surface area contributed by atoms with E-state index in [1.165, 1.54) is 24.0 Å². The van der Waals surface area contributed by atoms with E-state index in [4.69, 9.17) is 9.97 Å². The van der Waals surface area contributed by atoms with Crippen LogP contribution in [0.2, 0.25) is 0 Å². The number of fused-ring (bicyclic) bond motifs is 3. The highest BCUT2D eigenvalue weighted by Crippen LogP contribution is 2.51. The first-order chi connectivity index (χ1) is 18.1. The minimum atomic E-state index is -0.480. The van der Waals surface area contributed by atoms with E-state index < -0.39 is 12.1 Å². The number of anilines is 2. The molecule has 0 unspecified atom stereocenters. The number of benzene rings is 1. The fourth-order valence-electron chi connectivity index (χ4n) is 5.97. The van der Waals surface area contributed by atoms with E-state index in [0.29, 0.717) is 28.2 Å². The van der Waals surface area contributed by atoms with Crippen LogP contribution in [0.15, 0.2) is 47.4 Å². The Bertz CT molecular complexity index is 1630. The molecule has 3 fully saturated rings. The summed E-state index contributed by atoms with van der Waals surface area (Å²) in [5, 5.41) is 7.37. The second-order valence-corrected chi connectivity index (χ2v) is 11.3. The van der Waals surface area contributed by atoms with E-state index in [2.05, 4.69) is 33.8 Å². The number of nitrogens with one attached hydrogen (secondary N) is 2. The third kappa shape index (κ3) is 3.29. The standard InChI is InChI=1S/C28H28FN7O/c29-15-27(8-9-27)22-2-1-3-23(33-22)36-24-20(25(37)35(36)19-5-6-19)14-31-26(34-24)32-18-4-7-21-17(12-18)13-30-16-28(21)10-11-28/h1-4,7,12,14,19,30H,5-6,8-11,13,15-16H2,(H,31,32,34). The van der Waals surface area contributed by atoms with Gasteiger partial charge in [-0.15, -0.1) is 0 Å². The average Bonchev–Trinajstić information content (AvgIpc) is 3.80. The number of hydrogen-bond donors (Lipinski definition) is 2. The van der Waals surface area contributed by atoms with Gasteiger partial charge in [-0.05, 0) is 73.9 Å². The molecule has 188 valence electrons. The SMILES string of the molecule is O=c1c2cnc(Nc3ccc4c(c3)CNCC43CC3)nc2n(-c2cccc(C3(CF)CC3)n2)n1C1CC1. The molecule has 4 aliphatic rings. The van der Waals surface area contributed by atoms with Crippen molar-refractivity contribution in [2.45, 2.75) is 61.9 Å². The summed E-state index contributed by atoms with van der Waals surface area (Å²) in [6, 6.07) is 12.3. The van der Waals surface area contributed by atoms with Crippen molar-refractivity contribution in [2.24, 2.45) is 0 Å². The van der Waals surface area contributed by atoms with Crippen molar-refractivity contribution in [3.05, 3.63) is 69.8 Å². The van der Waals surface area contributed by atoms with Crippen LogP contribution in [0.5, 0.6) is 0 Å². The molecule has 3 aliphatic carbocycles. The molecule has 8 rings (SSSR count). The second-order valence-electron chi connectivity index (χ2n) is 11.3. The Morgan fingerprint density at radius 2 is 1.97 bits per heavy atom. The third-order valence-corrected chi connectivity index (χ3v) is 8.69. The predicted octanol–water partition coefficient (Wildman–Crippen LogP) is 4.19. The van der Waals surface area contributed by atoms with E-state index in [0.717, 1.165) is 50.2 Å². The van der Waals surface area contributed by atoms with Crippen LogP contribution in [0.25, 0.3) is 16.9 Å². The van der Waals surface area contributed by atoms with Crippen molar-refractivity contribution < 1.29 is 4.39 Å². The van der Waals surface area contributed by atoms with E-state index in [1.54, 1.807) is 10.9 Å². The molecular weight excluding hydrogens is 469 g/mol. The van der Waals surface area contributed by atoms with Gasteiger partial charge in [-0.2, -0.15) is 4.98 Å². The number of nitrogens with zero attached hydrogens (tertiary/aromatic N) is 5. The van der Waals surface area contributed by atoms with Crippen LogP contribution >= 0.6 is 0 Å². The van der Waals surface area contributed by atoms with E-state index >= 15 is 0 Å². The van der Waals surface area contributed by atoms with Gasteiger partial charge in [0, 0.05) is 35.8 Å².